The van der Waals surface area contributed by atoms with E-state index in [1.807, 2.05) is 18.2 Å². The third-order valence-electron chi connectivity index (χ3n) is 3.99. The second-order valence-electron chi connectivity index (χ2n) is 6.06. The Hall–Kier alpha value is -2.92. The van der Waals surface area contributed by atoms with Crippen LogP contribution in [0.5, 0.6) is 0 Å². The lowest BCUT2D eigenvalue weighted by molar-refractivity contribution is 0.102. The number of anilines is 2. The number of rotatable bonds is 7. The number of carbonyl (C=O) groups is 1. The van der Waals surface area contributed by atoms with E-state index in [9.17, 15) is 9.18 Å². The van der Waals surface area contributed by atoms with Crippen molar-refractivity contribution in [2.24, 2.45) is 0 Å². The molecular formula is C21H19ClFN3O. The average Bonchev–Trinajstić information content (AvgIpc) is 2.69. The van der Waals surface area contributed by atoms with Crippen molar-refractivity contribution >= 4 is 28.9 Å². The van der Waals surface area contributed by atoms with Crippen LogP contribution in [0.4, 0.5) is 15.8 Å². The van der Waals surface area contributed by atoms with Gasteiger partial charge in [0.2, 0.25) is 0 Å². The number of hydrogen-bond acceptors (Lipinski definition) is 3. The van der Waals surface area contributed by atoms with Crippen molar-refractivity contribution < 1.29 is 9.18 Å². The summed E-state index contributed by atoms with van der Waals surface area (Å²) in [4.78, 5) is 16.5. The Kier molecular flexibility index (Phi) is 6.39. The highest BCUT2D eigenvalue weighted by atomic mass is 35.5. The van der Waals surface area contributed by atoms with Gasteiger partial charge in [-0.3, -0.25) is 9.78 Å². The molecule has 1 aromatic heterocycles. The van der Waals surface area contributed by atoms with Crippen LogP contribution in [0, 0.1) is 5.82 Å². The highest BCUT2D eigenvalue weighted by Crippen LogP contribution is 2.20. The van der Waals surface area contributed by atoms with E-state index in [2.05, 4.69) is 27.8 Å². The SMILES string of the molecule is O=C(Nc1ccc(F)c(Cl)c1)c1cncc(NCCCc2ccccc2)c1. The van der Waals surface area contributed by atoms with E-state index in [4.69, 9.17) is 11.6 Å². The van der Waals surface area contributed by atoms with Crippen LogP contribution in [0.25, 0.3) is 0 Å². The molecule has 2 N–H and O–H groups in total. The topological polar surface area (TPSA) is 54.0 Å². The molecule has 0 aliphatic carbocycles. The smallest absolute Gasteiger partial charge is 0.257 e. The van der Waals surface area contributed by atoms with Gasteiger partial charge in [0.1, 0.15) is 5.82 Å². The molecule has 0 fully saturated rings. The molecule has 6 heteroatoms. The Morgan fingerprint density at radius 2 is 1.85 bits per heavy atom. The van der Waals surface area contributed by atoms with Gasteiger partial charge in [0, 0.05) is 24.6 Å². The fourth-order valence-corrected chi connectivity index (χ4v) is 2.79. The standard InChI is InChI=1S/C21H19ClFN3O/c22-19-12-17(8-9-20(19)23)26-21(27)16-11-18(14-24-13-16)25-10-4-7-15-5-2-1-3-6-15/h1-3,5-6,8-9,11-14,25H,4,7,10H2,(H,26,27). The number of aryl methyl sites for hydroxylation is 1. The van der Waals surface area contributed by atoms with Crippen LogP contribution in [-0.2, 0) is 6.42 Å². The largest absolute Gasteiger partial charge is 0.384 e. The normalized spacial score (nSPS) is 10.4. The second-order valence-corrected chi connectivity index (χ2v) is 6.47. The van der Waals surface area contributed by atoms with Crippen molar-refractivity contribution in [3.63, 3.8) is 0 Å². The molecule has 0 saturated carbocycles. The maximum Gasteiger partial charge on any atom is 0.257 e. The first-order valence-electron chi connectivity index (χ1n) is 8.61. The molecular weight excluding hydrogens is 365 g/mol. The molecule has 138 valence electrons. The van der Waals surface area contributed by atoms with Gasteiger partial charge in [-0.05, 0) is 42.7 Å². The van der Waals surface area contributed by atoms with Gasteiger partial charge < -0.3 is 10.6 Å². The number of hydrogen-bond donors (Lipinski definition) is 2. The summed E-state index contributed by atoms with van der Waals surface area (Å²) in [5.74, 6) is -0.865. The van der Waals surface area contributed by atoms with Crippen molar-refractivity contribution in [3.8, 4) is 0 Å². The number of carbonyl (C=O) groups excluding carboxylic acids is 1. The maximum absolute atomic E-state index is 13.2. The molecule has 2 aromatic carbocycles. The lowest BCUT2D eigenvalue weighted by Crippen LogP contribution is -2.13. The van der Waals surface area contributed by atoms with Crippen LogP contribution in [0.3, 0.4) is 0 Å². The van der Waals surface area contributed by atoms with Crippen LogP contribution in [0.15, 0.2) is 67.0 Å². The van der Waals surface area contributed by atoms with E-state index in [0.717, 1.165) is 25.1 Å². The second kappa shape index (κ2) is 9.14. The minimum absolute atomic E-state index is 0.0419. The van der Waals surface area contributed by atoms with Crippen molar-refractivity contribution in [1.82, 2.24) is 4.98 Å². The molecule has 27 heavy (non-hydrogen) atoms. The first-order valence-corrected chi connectivity index (χ1v) is 8.99. The van der Waals surface area contributed by atoms with E-state index in [1.54, 1.807) is 12.3 Å². The van der Waals surface area contributed by atoms with E-state index in [-0.39, 0.29) is 10.9 Å². The van der Waals surface area contributed by atoms with Crippen LogP contribution in [-0.4, -0.2) is 17.4 Å². The highest BCUT2D eigenvalue weighted by Gasteiger charge is 2.09. The molecule has 0 radical (unpaired) electrons. The summed E-state index contributed by atoms with van der Waals surface area (Å²) in [7, 11) is 0. The number of halogens is 2. The molecule has 3 rings (SSSR count). The third kappa shape index (κ3) is 5.53. The lowest BCUT2D eigenvalue weighted by Gasteiger charge is -2.09. The third-order valence-corrected chi connectivity index (χ3v) is 4.28. The Balaban J connectivity index is 1.54. The Labute approximate surface area is 162 Å². The van der Waals surface area contributed by atoms with Crippen LogP contribution < -0.4 is 10.6 Å². The fourth-order valence-electron chi connectivity index (χ4n) is 2.61. The maximum atomic E-state index is 13.2. The first kappa shape index (κ1) is 18.9. The quantitative estimate of drug-likeness (QED) is 0.553. The van der Waals surface area contributed by atoms with Crippen molar-refractivity contribution in [2.45, 2.75) is 12.8 Å². The van der Waals surface area contributed by atoms with Gasteiger partial charge in [-0.25, -0.2) is 4.39 Å². The molecule has 0 atom stereocenters. The number of aromatic nitrogens is 1. The fraction of sp³-hybridized carbons (Fsp3) is 0.143. The predicted octanol–water partition coefficient (Wildman–Crippen LogP) is 5.17. The average molecular weight is 384 g/mol. The van der Waals surface area contributed by atoms with Crippen molar-refractivity contribution in [2.75, 3.05) is 17.2 Å². The van der Waals surface area contributed by atoms with Gasteiger partial charge in [-0.2, -0.15) is 0 Å². The number of amides is 1. The minimum atomic E-state index is -0.530. The van der Waals surface area contributed by atoms with Gasteiger partial charge in [0.15, 0.2) is 0 Å². The van der Waals surface area contributed by atoms with E-state index in [1.165, 1.54) is 30.0 Å². The van der Waals surface area contributed by atoms with Crippen molar-refractivity contribution in [1.29, 1.82) is 0 Å². The van der Waals surface area contributed by atoms with Crippen LogP contribution in [0.1, 0.15) is 22.3 Å². The Morgan fingerprint density at radius 3 is 2.63 bits per heavy atom. The molecule has 0 spiro atoms. The Morgan fingerprint density at radius 1 is 1.04 bits per heavy atom. The molecule has 4 nitrogen and oxygen atoms in total. The Bertz CT molecular complexity index is 918. The highest BCUT2D eigenvalue weighted by molar-refractivity contribution is 6.31. The molecule has 0 aliphatic rings. The van der Waals surface area contributed by atoms with Gasteiger partial charge in [-0.15, -0.1) is 0 Å². The molecule has 0 saturated heterocycles. The van der Waals surface area contributed by atoms with Gasteiger partial charge in [0.05, 0.1) is 16.3 Å². The monoisotopic (exact) mass is 383 g/mol. The summed E-state index contributed by atoms with van der Waals surface area (Å²) in [6.45, 7) is 0.773. The van der Waals surface area contributed by atoms with Crippen LogP contribution >= 0.6 is 11.6 Å². The predicted molar refractivity (Wildman–Crippen MR) is 107 cm³/mol. The van der Waals surface area contributed by atoms with E-state index >= 15 is 0 Å². The first-order chi connectivity index (χ1) is 13.1. The van der Waals surface area contributed by atoms with E-state index < -0.39 is 5.82 Å². The summed E-state index contributed by atoms with van der Waals surface area (Å²) < 4.78 is 13.2. The number of nitrogens with one attached hydrogen (secondary N) is 2. The zero-order chi connectivity index (χ0) is 19.1. The zero-order valence-electron chi connectivity index (χ0n) is 14.6. The lowest BCUT2D eigenvalue weighted by atomic mass is 10.1. The summed E-state index contributed by atoms with van der Waals surface area (Å²) in [6, 6.07) is 16.0. The molecule has 0 aliphatic heterocycles. The summed E-state index contributed by atoms with van der Waals surface area (Å²) in [5.41, 5.74) is 2.90. The number of nitrogens with zero attached hydrogens (tertiary/aromatic N) is 1. The van der Waals surface area contributed by atoms with E-state index in [0.29, 0.717) is 11.3 Å². The number of pyridine rings is 1. The summed E-state index contributed by atoms with van der Waals surface area (Å²) in [5, 5.41) is 5.92. The molecule has 1 heterocycles. The zero-order valence-corrected chi connectivity index (χ0v) is 15.3. The summed E-state index contributed by atoms with van der Waals surface area (Å²) in [6.07, 6.45) is 5.10. The summed E-state index contributed by atoms with van der Waals surface area (Å²) >= 11 is 5.74. The van der Waals surface area contributed by atoms with Crippen molar-refractivity contribution in [3.05, 3.63) is 89.0 Å². The molecule has 0 bridgehead atoms. The molecule has 1 amide bonds. The van der Waals surface area contributed by atoms with Gasteiger partial charge >= 0.3 is 0 Å². The minimum Gasteiger partial charge on any atom is -0.384 e. The van der Waals surface area contributed by atoms with Gasteiger partial charge in [0.25, 0.3) is 5.91 Å². The molecule has 0 unspecified atom stereocenters. The van der Waals surface area contributed by atoms with Gasteiger partial charge in [-0.1, -0.05) is 41.9 Å². The van der Waals surface area contributed by atoms with Crippen LogP contribution in [0.2, 0.25) is 5.02 Å². The molecule has 3 aromatic rings. The number of benzene rings is 2.